The van der Waals surface area contributed by atoms with Crippen molar-refractivity contribution in [3.8, 4) is 0 Å². The predicted octanol–water partition coefficient (Wildman–Crippen LogP) is 5.20. The summed E-state index contributed by atoms with van der Waals surface area (Å²) in [5.74, 6) is -1.61. The zero-order chi connectivity index (χ0) is 42.8. The van der Waals surface area contributed by atoms with Gasteiger partial charge in [-0.05, 0) is 31.5 Å². The number of aliphatic hydroxyl groups excluding tert-OH is 1. The van der Waals surface area contributed by atoms with Crippen LogP contribution in [0.3, 0.4) is 0 Å². The normalized spacial score (nSPS) is 23.2. The number of imidazole rings is 1. The van der Waals surface area contributed by atoms with Gasteiger partial charge in [0.1, 0.15) is 37.8 Å². The number of aliphatic hydroxyl groups is 1. The van der Waals surface area contributed by atoms with E-state index in [9.17, 15) is 32.7 Å². The van der Waals surface area contributed by atoms with Gasteiger partial charge in [-0.2, -0.15) is 17.6 Å². The molecular weight excluding hydrogens is 830 g/mol. The van der Waals surface area contributed by atoms with E-state index < -0.39 is 48.0 Å². The van der Waals surface area contributed by atoms with Crippen molar-refractivity contribution in [3.63, 3.8) is 0 Å². The number of aromatic nitrogens is 2. The van der Waals surface area contributed by atoms with E-state index in [0.29, 0.717) is 26.0 Å². The van der Waals surface area contributed by atoms with Gasteiger partial charge >= 0.3 is 17.6 Å². The Labute approximate surface area is 340 Å². The van der Waals surface area contributed by atoms with E-state index in [1.807, 2.05) is 6.92 Å². The van der Waals surface area contributed by atoms with E-state index in [4.69, 9.17) is 26.9 Å². The number of carbonyl (C=O) groups excluding carboxylic acids is 3. The largest absolute Gasteiger partial charge is 0.741 e. The number of alkyl halides is 3. The average molecular weight is 881 g/mol. The van der Waals surface area contributed by atoms with Gasteiger partial charge in [-0.25, -0.2) is 22.6 Å². The fourth-order valence-electron chi connectivity index (χ4n) is 6.66. The average Bonchev–Trinajstić information content (AvgIpc) is 3.82. The number of thiazole rings is 1. The van der Waals surface area contributed by atoms with E-state index in [0.717, 1.165) is 21.2 Å². The number of amides is 2. The molecule has 21 heteroatoms. The quantitative estimate of drug-likeness (QED) is 0.0503. The number of β-lactam (4-membered cyclic amide) rings is 1. The third-order valence-corrected chi connectivity index (χ3v) is 18.2. The number of thioether (sulfide) groups is 1. The fraction of sp³-hybridized carbons (Fsp3) is 0.611. The van der Waals surface area contributed by atoms with Crippen LogP contribution in [-0.4, -0.2) is 114 Å². The molecule has 2 amide bonds. The van der Waals surface area contributed by atoms with Crippen LogP contribution in [0.5, 0.6) is 0 Å². The van der Waals surface area contributed by atoms with E-state index in [2.05, 4.69) is 74.7 Å². The molecule has 2 saturated heterocycles. The molecule has 6 atom stereocenters. The molecule has 2 aromatic rings. The lowest BCUT2D eigenvalue weighted by Crippen LogP contribution is -2.63. The first-order chi connectivity index (χ1) is 26.3. The number of rotatable bonds is 14. The maximum atomic E-state index is 13.3. The van der Waals surface area contributed by atoms with Gasteiger partial charge in [0.05, 0.1) is 29.5 Å². The standard InChI is InChI=1S/C35H51N4O7S2Si.CHF3O3S/c1-10-13-44-33(42)30-31(22(3)29-28(23(4)40)32(41)39(29)30)48-26-17-24(38(19-26)34(43)45-14-11-2)16-25-18-37-21-36(20-27(37)47-25)12-15-46-49(8,9)35(5,6)7;2-1(3,4)8(5,6)7/h10-11,18,20-24,26,28-29,40H,1-2,12-17,19H2,3-9H3;(H,5,6,7)/q+1;/p-1/t22-,23-,24-,26+,28-,29-;/m1./s1. The topological polar surface area (TPSA) is 171 Å². The summed E-state index contributed by atoms with van der Waals surface area (Å²) < 4.78 is 80.5. The van der Waals surface area contributed by atoms with E-state index >= 15 is 0 Å². The van der Waals surface area contributed by atoms with Crippen molar-refractivity contribution in [2.75, 3.05) is 26.4 Å². The Morgan fingerprint density at radius 1 is 1.19 bits per heavy atom. The number of carbonyl (C=O) groups is 3. The van der Waals surface area contributed by atoms with Crippen molar-refractivity contribution in [2.45, 2.75) is 101 Å². The molecule has 2 fully saturated rings. The molecule has 0 radical (unpaired) electrons. The molecule has 0 spiro atoms. The number of hydrogen-bond donors (Lipinski definition) is 1. The Hall–Kier alpha value is -3.21. The lowest BCUT2D eigenvalue weighted by molar-refractivity contribution is -0.696. The smallest absolute Gasteiger partial charge is 0.485 e. The molecule has 3 aliphatic rings. The Bertz CT molecular complexity index is 1940. The highest BCUT2D eigenvalue weighted by Gasteiger charge is 2.60. The maximum absolute atomic E-state index is 13.3. The summed E-state index contributed by atoms with van der Waals surface area (Å²) in [5.41, 5.74) is -5.40. The van der Waals surface area contributed by atoms with Gasteiger partial charge < -0.3 is 33.4 Å². The molecule has 318 valence electrons. The number of ether oxygens (including phenoxy) is 2. The zero-order valence-electron chi connectivity index (χ0n) is 33.0. The molecule has 2 aromatic heterocycles. The van der Waals surface area contributed by atoms with Crippen LogP contribution in [0.1, 0.15) is 45.9 Å². The lowest BCUT2D eigenvalue weighted by Gasteiger charge is -2.46. The first kappa shape index (κ1) is 46.5. The first-order valence-corrected chi connectivity index (χ1v) is 24.2. The minimum Gasteiger partial charge on any atom is -0.741 e. The number of fused-ring (bicyclic) bond motifs is 2. The summed E-state index contributed by atoms with van der Waals surface area (Å²) in [4.78, 5) is 45.9. The molecule has 0 aromatic carbocycles. The summed E-state index contributed by atoms with van der Waals surface area (Å²) in [7, 11) is -7.90. The summed E-state index contributed by atoms with van der Waals surface area (Å²) in [6, 6.07) is -0.441. The van der Waals surface area contributed by atoms with Gasteiger partial charge in [0.25, 0.3) is 0 Å². The second-order valence-corrected chi connectivity index (χ2v) is 24.3. The maximum Gasteiger partial charge on any atom is 0.485 e. The summed E-state index contributed by atoms with van der Waals surface area (Å²) in [6.45, 7) is 24.2. The molecule has 5 heterocycles. The molecule has 0 unspecified atom stereocenters. The second-order valence-electron chi connectivity index (χ2n) is 15.6. The van der Waals surface area contributed by atoms with Crippen LogP contribution in [0.25, 0.3) is 4.83 Å². The second kappa shape index (κ2) is 18.0. The van der Waals surface area contributed by atoms with Gasteiger partial charge in [-0.3, -0.25) is 4.79 Å². The van der Waals surface area contributed by atoms with Crippen molar-refractivity contribution >= 4 is 64.3 Å². The molecular formula is C36H51F3N4O10S3Si. The zero-order valence-corrected chi connectivity index (χ0v) is 36.4. The molecule has 3 aliphatic heterocycles. The summed E-state index contributed by atoms with van der Waals surface area (Å²) >= 11 is 3.23. The van der Waals surface area contributed by atoms with Crippen LogP contribution in [0, 0.1) is 11.8 Å². The van der Waals surface area contributed by atoms with Crippen LogP contribution in [0.15, 0.2) is 54.6 Å². The minimum absolute atomic E-state index is 0.0236. The number of nitrogens with zero attached hydrogens (tertiary/aromatic N) is 4. The SMILES string of the molecule is C=CCOC(=O)C1=C(S[C@H]2C[C@@H](Cc3cn4c[n+](CCO[Si](C)(C)C(C)(C)C)cc4s3)N(C(=O)OCC=C)C2)[C@H](C)[C@@H]2[C@@H]([C@@H](C)O)C(=O)N12.O=S(=O)([O-])C(F)(F)F. The number of esters is 1. The number of halogens is 3. The van der Waals surface area contributed by atoms with Gasteiger partial charge in [-0.15, -0.1) is 11.8 Å². The molecule has 5 rings (SSSR count). The van der Waals surface area contributed by atoms with Gasteiger partial charge in [0.15, 0.2) is 18.4 Å². The Kier molecular flexibility index (Phi) is 14.6. The molecule has 1 N–H and O–H groups in total. The highest BCUT2D eigenvalue weighted by Crippen LogP contribution is 2.52. The Balaban J connectivity index is 0.000000812. The number of likely N-dealkylation sites (tertiary alicyclic amines) is 1. The molecule has 0 aliphatic carbocycles. The van der Waals surface area contributed by atoms with Crippen molar-refractivity contribution < 1.29 is 64.1 Å². The third kappa shape index (κ3) is 10.5. The van der Waals surface area contributed by atoms with E-state index in [1.165, 1.54) is 22.7 Å². The van der Waals surface area contributed by atoms with Crippen LogP contribution < -0.4 is 4.57 Å². The van der Waals surface area contributed by atoms with Gasteiger partial charge in [0.2, 0.25) is 17.1 Å². The Morgan fingerprint density at radius 2 is 1.81 bits per heavy atom. The minimum atomic E-state index is -6.09. The van der Waals surface area contributed by atoms with Crippen LogP contribution in [0.2, 0.25) is 18.1 Å². The molecule has 57 heavy (non-hydrogen) atoms. The van der Waals surface area contributed by atoms with Crippen molar-refractivity contribution in [1.82, 2.24) is 14.2 Å². The highest BCUT2D eigenvalue weighted by atomic mass is 32.2. The van der Waals surface area contributed by atoms with Crippen molar-refractivity contribution in [3.05, 3.63) is 59.5 Å². The van der Waals surface area contributed by atoms with Crippen molar-refractivity contribution in [2.24, 2.45) is 11.8 Å². The first-order valence-electron chi connectivity index (χ1n) is 18.2. The van der Waals surface area contributed by atoms with Crippen LogP contribution in [-0.2, 0) is 46.6 Å². The Morgan fingerprint density at radius 3 is 2.35 bits per heavy atom. The van der Waals surface area contributed by atoms with E-state index in [-0.39, 0.29) is 53.1 Å². The fourth-order valence-corrected chi connectivity index (χ4v) is 10.4. The molecule has 0 saturated carbocycles. The number of hydrogen-bond acceptors (Lipinski definition) is 12. The van der Waals surface area contributed by atoms with Gasteiger partial charge in [-0.1, -0.05) is 64.3 Å². The third-order valence-electron chi connectivity index (χ3n) is 10.5. The summed E-state index contributed by atoms with van der Waals surface area (Å²) in [5, 5.41) is 10.5. The van der Waals surface area contributed by atoms with E-state index in [1.54, 1.807) is 29.2 Å². The monoisotopic (exact) mass is 880 g/mol. The van der Waals surface area contributed by atoms with Crippen LogP contribution >= 0.6 is 23.1 Å². The van der Waals surface area contributed by atoms with Crippen LogP contribution in [0.4, 0.5) is 18.0 Å². The highest BCUT2D eigenvalue weighted by molar-refractivity contribution is 8.03. The molecule has 0 bridgehead atoms. The summed E-state index contributed by atoms with van der Waals surface area (Å²) in [6.07, 6.45) is 9.48. The lowest BCUT2D eigenvalue weighted by atomic mass is 9.79. The van der Waals surface area contributed by atoms with Gasteiger partial charge in [0, 0.05) is 35.1 Å². The predicted molar refractivity (Wildman–Crippen MR) is 209 cm³/mol. The van der Waals surface area contributed by atoms with Crippen molar-refractivity contribution in [1.29, 1.82) is 0 Å². The molecule has 14 nitrogen and oxygen atoms in total.